The molecule has 3 nitrogen and oxygen atoms in total. The van der Waals surface area contributed by atoms with Gasteiger partial charge in [0, 0.05) is 23.7 Å². The maximum Gasteiger partial charge on any atom is 0.103 e. The van der Waals surface area contributed by atoms with Crippen LogP contribution in [0.2, 0.25) is 0 Å². The lowest BCUT2D eigenvalue weighted by molar-refractivity contribution is 0.731. The molecule has 0 atom stereocenters. The molecule has 0 radical (unpaired) electrons. The number of rotatable bonds is 2. The Balaban J connectivity index is 2.01. The zero-order valence-corrected chi connectivity index (χ0v) is 12.8. The molecule has 2 aromatic carbocycles. The van der Waals surface area contributed by atoms with Gasteiger partial charge < -0.3 is 10.6 Å². The van der Waals surface area contributed by atoms with Crippen LogP contribution >= 0.6 is 11.8 Å². The number of anilines is 2. The molecule has 2 N–H and O–H groups in total. The number of nitriles is 1. The molecule has 0 aliphatic carbocycles. The van der Waals surface area contributed by atoms with Crippen LogP contribution in [0, 0.1) is 11.3 Å². The van der Waals surface area contributed by atoms with Gasteiger partial charge in [-0.05, 0) is 42.0 Å². The van der Waals surface area contributed by atoms with E-state index in [1.165, 1.54) is 11.1 Å². The van der Waals surface area contributed by atoms with Crippen molar-refractivity contribution in [2.45, 2.75) is 17.9 Å². The Morgan fingerprint density at radius 3 is 2.81 bits per heavy atom. The maximum atomic E-state index is 9.50. The Bertz CT molecular complexity index is 718. The second kappa shape index (κ2) is 5.71. The van der Waals surface area contributed by atoms with Gasteiger partial charge in [-0.2, -0.15) is 5.26 Å². The highest BCUT2D eigenvalue weighted by Crippen LogP contribution is 2.33. The molecule has 1 heterocycles. The van der Waals surface area contributed by atoms with Crippen molar-refractivity contribution in [1.82, 2.24) is 0 Å². The second-order valence-electron chi connectivity index (χ2n) is 5.12. The summed E-state index contributed by atoms with van der Waals surface area (Å²) in [5.74, 6) is 0. The van der Waals surface area contributed by atoms with E-state index in [-0.39, 0.29) is 0 Å². The summed E-state index contributed by atoms with van der Waals surface area (Å²) < 4.78 is 0. The van der Waals surface area contributed by atoms with Crippen molar-refractivity contribution in [3.63, 3.8) is 0 Å². The lowest BCUT2D eigenvalue weighted by Gasteiger charge is -2.32. The number of hydrogen-bond donors (Lipinski definition) is 1. The van der Waals surface area contributed by atoms with E-state index in [9.17, 15) is 5.26 Å². The SMILES string of the molecule is CSc1cccc(N2CCc3cccc(N)c3C2)c1C#N. The monoisotopic (exact) mass is 295 g/mol. The van der Waals surface area contributed by atoms with Crippen LogP contribution < -0.4 is 10.6 Å². The molecule has 0 bridgehead atoms. The zero-order valence-electron chi connectivity index (χ0n) is 12.0. The molecule has 0 aromatic heterocycles. The summed E-state index contributed by atoms with van der Waals surface area (Å²) in [5, 5.41) is 9.50. The van der Waals surface area contributed by atoms with Crippen LogP contribution in [0.5, 0.6) is 0 Å². The molecule has 0 unspecified atom stereocenters. The molecule has 0 fully saturated rings. The molecule has 1 aliphatic heterocycles. The Morgan fingerprint density at radius 1 is 1.24 bits per heavy atom. The lowest BCUT2D eigenvalue weighted by Crippen LogP contribution is -2.31. The number of nitrogens with zero attached hydrogens (tertiary/aromatic N) is 2. The third-order valence-electron chi connectivity index (χ3n) is 3.99. The molecule has 106 valence electrons. The number of hydrogen-bond acceptors (Lipinski definition) is 4. The fraction of sp³-hybridized carbons (Fsp3) is 0.235. The summed E-state index contributed by atoms with van der Waals surface area (Å²) in [6.45, 7) is 1.69. The minimum absolute atomic E-state index is 0.767. The minimum Gasteiger partial charge on any atom is -0.398 e. The number of benzene rings is 2. The van der Waals surface area contributed by atoms with Gasteiger partial charge in [0.25, 0.3) is 0 Å². The van der Waals surface area contributed by atoms with E-state index in [1.54, 1.807) is 11.8 Å². The van der Waals surface area contributed by atoms with Gasteiger partial charge in [-0.3, -0.25) is 0 Å². The van der Waals surface area contributed by atoms with E-state index >= 15 is 0 Å². The average molecular weight is 295 g/mol. The smallest absolute Gasteiger partial charge is 0.103 e. The van der Waals surface area contributed by atoms with Gasteiger partial charge in [-0.1, -0.05) is 18.2 Å². The summed E-state index contributed by atoms with van der Waals surface area (Å²) in [7, 11) is 0. The Labute approximate surface area is 129 Å². The van der Waals surface area contributed by atoms with E-state index in [1.807, 2.05) is 36.6 Å². The van der Waals surface area contributed by atoms with Crippen molar-refractivity contribution in [3.8, 4) is 6.07 Å². The van der Waals surface area contributed by atoms with Gasteiger partial charge in [0.15, 0.2) is 0 Å². The Kier molecular flexibility index (Phi) is 3.76. The van der Waals surface area contributed by atoms with Crippen LogP contribution in [-0.4, -0.2) is 12.8 Å². The normalized spacial score (nSPS) is 13.6. The van der Waals surface area contributed by atoms with Crippen molar-refractivity contribution < 1.29 is 0 Å². The van der Waals surface area contributed by atoms with Gasteiger partial charge in [0.05, 0.1) is 11.3 Å². The molecule has 0 amide bonds. The number of thioether (sulfide) groups is 1. The van der Waals surface area contributed by atoms with Crippen molar-refractivity contribution in [2.24, 2.45) is 0 Å². The molecular weight excluding hydrogens is 278 g/mol. The van der Waals surface area contributed by atoms with Crippen molar-refractivity contribution in [2.75, 3.05) is 23.4 Å². The van der Waals surface area contributed by atoms with E-state index in [0.717, 1.165) is 41.3 Å². The van der Waals surface area contributed by atoms with Crippen molar-refractivity contribution in [3.05, 3.63) is 53.1 Å². The maximum absolute atomic E-state index is 9.50. The molecule has 0 spiro atoms. The average Bonchev–Trinajstić information content (AvgIpc) is 2.54. The summed E-state index contributed by atoms with van der Waals surface area (Å²) in [6, 6.07) is 14.5. The van der Waals surface area contributed by atoms with E-state index < -0.39 is 0 Å². The molecule has 0 saturated carbocycles. The lowest BCUT2D eigenvalue weighted by atomic mass is 9.97. The topological polar surface area (TPSA) is 53.0 Å². The number of nitrogens with two attached hydrogens (primary N) is 1. The van der Waals surface area contributed by atoms with E-state index in [0.29, 0.717) is 0 Å². The molecule has 2 aromatic rings. The third-order valence-corrected chi connectivity index (χ3v) is 4.77. The number of nitrogen functional groups attached to an aromatic ring is 1. The van der Waals surface area contributed by atoms with Crippen LogP contribution in [0.3, 0.4) is 0 Å². The number of fused-ring (bicyclic) bond motifs is 1. The fourth-order valence-electron chi connectivity index (χ4n) is 2.88. The molecular formula is C17H17N3S. The molecule has 4 heteroatoms. The summed E-state index contributed by atoms with van der Waals surface area (Å²) in [6.07, 6.45) is 2.97. The Morgan fingerprint density at radius 2 is 2.05 bits per heavy atom. The van der Waals surface area contributed by atoms with Crippen molar-refractivity contribution in [1.29, 1.82) is 5.26 Å². The first-order valence-electron chi connectivity index (χ1n) is 6.93. The summed E-state index contributed by atoms with van der Waals surface area (Å²) in [4.78, 5) is 3.29. The highest BCUT2D eigenvalue weighted by molar-refractivity contribution is 7.98. The van der Waals surface area contributed by atoms with Gasteiger partial charge in [-0.25, -0.2) is 0 Å². The molecule has 3 rings (SSSR count). The van der Waals surface area contributed by atoms with Crippen LogP contribution in [0.1, 0.15) is 16.7 Å². The van der Waals surface area contributed by atoms with Gasteiger partial charge in [0.1, 0.15) is 6.07 Å². The van der Waals surface area contributed by atoms with Gasteiger partial charge in [-0.15, -0.1) is 11.8 Å². The first-order chi connectivity index (χ1) is 10.2. The molecule has 1 aliphatic rings. The third kappa shape index (κ3) is 2.45. The molecule has 21 heavy (non-hydrogen) atoms. The zero-order chi connectivity index (χ0) is 14.8. The largest absolute Gasteiger partial charge is 0.398 e. The standard InChI is InChI=1S/C17H17N3S/c1-21-17-7-3-6-16(13(17)10-18)20-9-8-12-4-2-5-15(19)14(12)11-20/h2-7H,8-9,11,19H2,1H3. The van der Waals surface area contributed by atoms with Gasteiger partial charge in [0.2, 0.25) is 0 Å². The van der Waals surface area contributed by atoms with Crippen LogP contribution in [0.15, 0.2) is 41.3 Å². The second-order valence-corrected chi connectivity index (χ2v) is 5.97. The highest BCUT2D eigenvalue weighted by atomic mass is 32.2. The van der Waals surface area contributed by atoms with Crippen LogP contribution in [0.4, 0.5) is 11.4 Å². The first-order valence-corrected chi connectivity index (χ1v) is 8.15. The van der Waals surface area contributed by atoms with Crippen molar-refractivity contribution >= 4 is 23.1 Å². The van der Waals surface area contributed by atoms with Crippen LogP contribution in [-0.2, 0) is 13.0 Å². The minimum atomic E-state index is 0.767. The van der Waals surface area contributed by atoms with Crippen LogP contribution in [0.25, 0.3) is 0 Å². The fourth-order valence-corrected chi connectivity index (χ4v) is 3.45. The Hall–Kier alpha value is -2.12. The van der Waals surface area contributed by atoms with E-state index in [4.69, 9.17) is 5.73 Å². The quantitative estimate of drug-likeness (QED) is 0.681. The van der Waals surface area contributed by atoms with E-state index in [2.05, 4.69) is 17.0 Å². The van der Waals surface area contributed by atoms with Gasteiger partial charge >= 0.3 is 0 Å². The predicted octanol–water partition coefficient (Wildman–Crippen LogP) is 3.43. The predicted molar refractivity (Wildman–Crippen MR) is 88.5 cm³/mol. The highest BCUT2D eigenvalue weighted by Gasteiger charge is 2.21. The molecule has 0 saturated heterocycles. The summed E-state index contributed by atoms with van der Waals surface area (Å²) >= 11 is 1.61. The first kappa shape index (κ1) is 13.8. The summed E-state index contributed by atoms with van der Waals surface area (Å²) in [5.41, 5.74) is 11.3.